The highest BCUT2D eigenvalue weighted by Gasteiger charge is 2.21. The fourth-order valence-corrected chi connectivity index (χ4v) is 3.43. The summed E-state index contributed by atoms with van der Waals surface area (Å²) in [6, 6.07) is 11.5. The highest BCUT2D eigenvalue weighted by Crippen LogP contribution is 2.26. The molecule has 1 aliphatic rings. The molecule has 4 rings (SSSR count). The lowest BCUT2D eigenvalue weighted by molar-refractivity contribution is 0.0715. The number of carbonyl (C=O) groups is 1. The summed E-state index contributed by atoms with van der Waals surface area (Å²) in [4.78, 5) is 27.8. The van der Waals surface area contributed by atoms with E-state index in [0.29, 0.717) is 35.9 Å². The third-order valence-corrected chi connectivity index (χ3v) is 5.24. The van der Waals surface area contributed by atoms with Crippen molar-refractivity contribution in [3.8, 4) is 22.5 Å². The first-order valence-electron chi connectivity index (χ1n) is 9.72. The van der Waals surface area contributed by atoms with Gasteiger partial charge in [0.25, 0.3) is 5.91 Å². The summed E-state index contributed by atoms with van der Waals surface area (Å²) >= 11 is 0. The van der Waals surface area contributed by atoms with E-state index >= 15 is 0 Å². The molecule has 0 bridgehead atoms. The molecule has 1 aliphatic heterocycles. The van der Waals surface area contributed by atoms with Gasteiger partial charge in [-0.05, 0) is 44.0 Å². The first-order valence-corrected chi connectivity index (χ1v) is 9.72. The van der Waals surface area contributed by atoms with Crippen LogP contribution in [0.25, 0.3) is 22.5 Å². The third kappa shape index (κ3) is 4.09. The van der Waals surface area contributed by atoms with E-state index in [-0.39, 0.29) is 11.9 Å². The molecule has 29 heavy (non-hydrogen) atoms. The monoisotopic (exact) mass is 388 g/mol. The number of hydrogen-bond donors (Lipinski definition) is 2. The molecule has 0 aliphatic carbocycles. The van der Waals surface area contributed by atoms with Crippen molar-refractivity contribution >= 4 is 11.7 Å². The van der Waals surface area contributed by atoms with Crippen LogP contribution in [0.1, 0.15) is 28.9 Å². The highest BCUT2D eigenvalue weighted by atomic mass is 16.2. The molecule has 2 aromatic heterocycles. The Morgan fingerprint density at radius 1 is 1.00 bits per heavy atom. The van der Waals surface area contributed by atoms with Gasteiger partial charge in [-0.2, -0.15) is 0 Å². The average molecular weight is 388 g/mol. The van der Waals surface area contributed by atoms with Crippen LogP contribution in [0.2, 0.25) is 0 Å². The molecule has 0 radical (unpaired) electrons. The van der Waals surface area contributed by atoms with Crippen molar-refractivity contribution in [1.29, 1.82) is 0 Å². The molecule has 7 heteroatoms. The highest BCUT2D eigenvalue weighted by molar-refractivity contribution is 5.94. The number of aromatic nitrogens is 3. The molecule has 1 saturated heterocycles. The number of aryl methyl sites for hydroxylation is 1. The zero-order valence-electron chi connectivity index (χ0n) is 16.4. The number of nitrogen functional groups attached to an aromatic ring is 1. The summed E-state index contributed by atoms with van der Waals surface area (Å²) < 4.78 is 0. The van der Waals surface area contributed by atoms with E-state index in [0.717, 1.165) is 29.7 Å². The van der Waals surface area contributed by atoms with Crippen molar-refractivity contribution in [2.75, 3.05) is 18.8 Å². The van der Waals surface area contributed by atoms with Gasteiger partial charge < -0.3 is 16.4 Å². The number of likely N-dealkylation sites (tertiary alicyclic amines) is 1. The molecule has 1 aromatic carbocycles. The van der Waals surface area contributed by atoms with E-state index in [1.54, 1.807) is 12.4 Å². The van der Waals surface area contributed by atoms with Gasteiger partial charge in [-0.25, -0.2) is 9.97 Å². The lowest BCUT2D eigenvalue weighted by Gasteiger charge is -2.30. The molecule has 4 N–H and O–H groups in total. The van der Waals surface area contributed by atoms with E-state index in [9.17, 15) is 4.79 Å². The fraction of sp³-hybridized carbons (Fsp3) is 0.273. The van der Waals surface area contributed by atoms with Crippen molar-refractivity contribution in [3.05, 3.63) is 60.0 Å². The predicted octanol–water partition coefficient (Wildman–Crippen LogP) is 2.66. The van der Waals surface area contributed by atoms with Crippen LogP contribution in [-0.2, 0) is 0 Å². The summed E-state index contributed by atoms with van der Waals surface area (Å²) in [5.74, 6) is 0.396. The van der Waals surface area contributed by atoms with Gasteiger partial charge in [0.1, 0.15) is 11.5 Å². The van der Waals surface area contributed by atoms with Gasteiger partial charge in [0.15, 0.2) is 0 Å². The van der Waals surface area contributed by atoms with Crippen LogP contribution < -0.4 is 11.5 Å². The Kier molecular flexibility index (Phi) is 5.22. The molecule has 0 saturated carbocycles. The Balaban J connectivity index is 1.57. The smallest absolute Gasteiger partial charge is 0.253 e. The van der Waals surface area contributed by atoms with Crippen LogP contribution in [-0.4, -0.2) is 44.9 Å². The van der Waals surface area contributed by atoms with Crippen molar-refractivity contribution < 1.29 is 4.79 Å². The van der Waals surface area contributed by atoms with Crippen LogP contribution in [0, 0.1) is 6.92 Å². The molecule has 0 spiro atoms. The molecule has 1 amide bonds. The predicted molar refractivity (Wildman–Crippen MR) is 113 cm³/mol. The number of benzene rings is 1. The molecular formula is C22H24N6O. The van der Waals surface area contributed by atoms with Gasteiger partial charge in [0, 0.05) is 47.7 Å². The largest absolute Gasteiger partial charge is 0.382 e. The summed E-state index contributed by atoms with van der Waals surface area (Å²) in [6.45, 7) is 3.34. The van der Waals surface area contributed by atoms with Crippen molar-refractivity contribution in [2.45, 2.75) is 25.8 Å². The summed E-state index contributed by atoms with van der Waals surface area (Å²) in [7, 11) is 0. The Morgan fingerprint density at radius 3 is 2.34 bits per heavy atom. The van der Waals surface area contributed by atoms with Crippen molar-refractivity contribution in [2.24, 2.45) is 5.73 Å². The van der Waals surface area contributed by atoms with Crippen LogP contribution in [0.4, 0.5) is 5.82 Å². The number of pyridine rings is 1. The maximum absolute atomic E-state index is 12.7. The number of carbonyl (C=O) groups excluding carboxylic acids is 1. The molecule has 148 valence electrons. The maximum Gasteiger partial charge on any atom is 0.253 e. The third-order valence-electron chi connectivity index (χ3n) is 5.24. The van der Waals surface area contributed by atoms with E-state index in [4.69, 9.17) is 11.5 Å². The lowest BCUT2D eigenvalue weighted by Crippen LogP contribution is -2.42. The Morgan fingerprint density at radius 2 is 1.69 bits per heavy atom. The van der Waals surface area contributed by atoms with E-state index < -0.39 is 0 Å². The summed E-state index contributed by atoms with van der Waals surface area (Å²) in [5.41, 5.74) is 16.5. The Labute approximate surface area is 169 Å². The normalized spacial score (nSPS) is 14.8. The number of piperidine rings is 1. The van der Waals surface area contributed by atoms with Crippen molar-refractivity contribution in [3.63, 3.8) is 0 Å². The minimum Gasteiger partial charge on any atom is -0.382 e. The first-order chi connectivity index (χ1) is 14.0. The van der Waals surface area contributed by atoms with E-state index in [2.05, 4.69) is 15.0 Å². The van der Waals surface area contributed by atoms with Crippen LogP contribution >= 0.6 is 0 Å². The molecule has 1 fully saturated rings. The minimum atomic E-state index is 0.0401. The van der Waals surface area contributed by atoms with Crippen LogP contribution in [0.15, 0.2) is 48.8 Å². The van der Waals surface area contributed by atoms with Gasteiger partial charge in [0.2, 0.25) is 0 Å². The topological polar surface area (TPSA) is 111 Å². The Hall–Kier alpha value is -3.32. The van der Waals surface area contributed by atoms with E-state index in [1.165, 1.54) is 0 Å². The van der Waals surface area contributed by atoms with Gasteiger partial charge in [0.05, 0.1) is 11.9 Å². The van der Waals surface area contributed by atoms with Crippen LogP contribution in [0.5, 0.6) is 0 Å². The molecule has 0 atom stereocenters. The average Bonchev–Trinajstić information content (AvgIpc) is 2.75. The molecular weight excluding hydrogens is 364 g/mol. The molecule has 0 unspecified atom stereocenters. The molecule has 7 nitrogen and oxygen atoms in total. The van der Waals surface area contributed by atoms with Gasteiger partial charge >= 0.3 is 0 Å². The second kappa shape index (κ2) is 7.97. The number of rotatable bonds is 3. The van der Waals surface area contributed by atoms with E-state index in [1.807, 2.05) is 48.2 Å². The number of nitrogens with two attached hydrogens (primary N) is 2. The minimum absolute atomic E-state index is 0.0401. The molecule has 3 aromatic rings. The number of anilines is 1. The summed E-state index contributed by atoms with van der Waals surface area (Å²) in [5, 5.41) is 0. The maximum atomic E-state index is 12.7. The molecule has 3 heterocycles. The fourth-order valence-electron chi connectivity index (χ4n) is 3.43. The standard InChI is InChI=1S/C22H24N6O/c1-14-2-3-17(12-25-14)20-21(24)26-13-19(27-20)15-4-6-16(7-5-15)22(29)28-10-8-18(23)9-11-28/h2-7,12-13,18H,8-11,23H2,1H3,(H2,24,26). The van der Waals surface area contributed by atoms with Gasteiger partial charge in [-0.1, -0.05) is 12.1 Å². The van der Waals surface area contributed by atoms with Crippen LogP contribution in [0.3, 0.4) is 0 Å². The number of amides is 1. The lowest BCUT2D eigenvalue weighted by atomic mass is 10.0. The zero-order valence-corrected chi connectivity index (χ0v) is 16.4. The van der Waals surface area contributed by atoms with Gasteiger partial charge in [-0.3, -0.25) is 9.78 Å². The quantitative estimate of drug-likeness (QED) is 0.713. The number of hydrogen-bond acceptors (Lipinski definition) is 6. The Bertz CT molecular complexity index is 1010. The SMILES string of the molecule is Cc1ccc(-c2nc(-c3ccc(C(=O)N4CCC(N)CC4)cc3)cnc2N)cn1. The second-order valence-corrected chi connectivity index (χ2v) is 7.38. The summed E-state index contributed by atoms with van der Waals surface area (Å²) in [6.07, 6.45) is 5.08. The van der Waals surface area contributed by atoms with Crippen molar-refractivity contribution in [1.82, 2.24) is 19.9 Å². The van der Waals surface area contributed by atoms with Gasteiger partial charge in [-0.15, -0.1) is 0 Å². The second-order valence-electron chi connectivity index (χ2n) is 7.38. The zero-order chi connectivity index (χ0) is 20.4. The number of nitrogens with zero attached hydrogens (tertiary/aromatic N) is 4. The first kappa shape index (κ1) is 19.0.